The van der Waals surface area contributed by atoms with E-state index < -0.39 is 32.6 Å². The van der Waals surface area contributed by atoms with E-state index in [1.807, 2.05) is 0 Å². The number of aliphatic hydroxyl groups is 2. The van der Waals surface area contributed by atoms with Gasteiger partial charge in [0.05, 0.1) is 24.2 Å². The van der Waals surface area contributed by atoms with Gasteiger partial charge in [0.2, 0.25) is 10.0 Å². The molecule has 0 aliphatic carbocycles. The molecule has 0 heterocycles. The van der Waals surface area contributed by atoms with Crippen molar-refractivity contribution in [2.75, 3.05) is 30.9 Å². The second-order valence-corrected chi connectivity index (χ2v) is 7.67. The number of aliphatic hydroxyl groups excluding tert-OH is 2. The fourth-order valence-electron chi connectivity index (χ4n) is 0.871. The van der Waals surface area contributed by atoms with Gasteiger partial charge in [0.1, 0.15) is 9.84 Å². The van der Waals surface area contributed by atoms with E-state index in [9.17, 15) is 16.8 Å². The van der Waals surface area contributed by atoms with Crippen molar-refractivity contribution in [3.05, 3.63) is 0 Å². The summed E-state index contributed by atoms with van der Waals surface area (Å²) in [6.45, 7) is -0.816. The summed E-state index contributed by atoms with van der Waals surface area (Å²) < 4.78 is 46.0. The van der Waals surface area contributed by atoms with Gasteiger partial charge in [0.15, 0.2) is 0 Å². The lowest BCUT2D eigenvalue weighted by Crippen LogP contribution is -2.35. The maximum Gasteiger partial charge on any atom is 0.211 e. The van der Waals surface area contributed by atoms with Crippen LogP contribution in [-0.4, -0.2) is 64.1 Å². The Balaban J connectivity index is 3.98. The summed E-state index contributed by atoms with van der Waals surface area (Å²) in [5.41, 5.74) is 0. The van der Waals surface area contributed by atoms with Gasteiger partial charge in [-0.25, -0.2) is 21.6 Å². The molecule has 0 spiro atoms. The molecular weight excluding hydrogens is 258 g/mol. The first-order valence-electron chi connectivity index (χ1n) is 4.60. The Bertz CT molecular complexity index is 387. The Labute approximate surface area is 95.5 Å². The molecule has 0 aromatic carbocycles. The minimum absolute atomic E-state index is 0.00336. The predicted molar refractivity (Wildman–Crippen MR) is 59.2 cm³/mol. The van der Waals surface area contributed by atoms with Crippen LogP contribution in [0.3, 0.4) is 0 Å². The summed E-state index contributed by atoms with van der Waals surface area (Å²) in [5, 5.41) is 17.4. The average molecular weight is 275 g/mol. The predicted octanol–water partition coefficient (Wildman–Crippen LogP) is -2.31. The molecule has 1 unspecified atom stereocenters. The Hall–Kier alpha value is -0.220. The lowest BCUT2D eigenvalue weighted by molar-refractivity contribution is 0.0988. The first-order valence-corrected chi connectivity index (χ1v) is 8.31. The molecular formula is C7H17NO6S2. The zero-order valence-corrected chi connectivity index (χ0v) is 10.6. The van der Waals surface area contributed by atoms with Crippen LogP contribution >= 0.6 is 0 Å². The van der Waals surface area contributed by atoms with Crippen molar-refractivity contribution in [2.24, 2.45) is 0 Å². The summed E-state index contributed by atoms with van der Waals surface area (Å²) in [4.78, 5) is 0. The molecule has 0 rings (SSSR count). The molecule has 0 aromatic heterocycles. The van der Waals surface area contributed by atoms with Gasteiger partial charge in [0, 0.05) is 12.8 Å². The Morgan fingerprint density at radius 3 is 2.19 bits per heavy atom. The molecule has 1 atom stereocenters. The Morgan fingerprint density at radius 1 is 1.19 bits per heavy atom. The topological polar surface area (TPSA) is 121 Å². The van der Waals surface area contributed by atoms with Crippen LogP contribution in [0, 0.1) is 0 Å². The molecule has 0 saturated heterocycles. The number of hydrogen-bond donors (Lipinski definition) is 3. The quantitative estimate of drug-likeness (QED) is 0.458. The van der Waals surface area contributed by atoms with Gasteiger partial charge in [-0.2, -0.15) is 0 Å². The maximum absolute atomic E-state index is 11.2. The Kier molecular flexibility index (Phi) is 6.41. The van der Waals surface area contributed by atoms with Crippen LogP contribution in [0.25, 0.3) is 0 Å². The molecule has 3 N–H and O–H groups in total. The van der Waals surface area contributed by atoms with E-state index in [4.69, 9.17) is 10.2 Å². The first kappa shape index (κ1) is 15.8. The lowest BCUT2D eigenvalue weighted by atomic mass is 10.4. The van der Waals surface area contributed by atoms with E-state index in [-0.39, 0.29) is 24.5 Å². The number of hydrogen-bond acceptors (Lipinski definition) is 6. The van der Waals surface area contributed by atoms with Crippen molar-refractivity contribution in [1.29, 1.82) is 0 Å². The highest BCUT2D eigenvalue weighted by Crippen LogP contribution is 1.94. The lowest BCUT2D eigenvalue weighted by Gasteiger charge is -2.09. The fraction of sp³-hybridized carbons (Fsp3) is 1.00. The molecule has 0 bridgehead atoms. The number of rotatable bonds is 8. The van der Waals surface area contributed by atoms with E-state index in [0.29, 0.717) is 0 Å². The molecule has 16 heavy (non-hydrogen) atoms. The SMILES string of the molecule is CS(=O)(=O)CCCS(=O)(=O)NCC(O)CO. The van der Waals surface area contributed by atoms with E-state index in [1.165, 1.54) is 0 Å². The van der Waals surface area contributed by atoms with E-state index in [1.54, 1.807) is 0 Å². The van der Waals surface area contributed by atoms with E-state index >= 15 is 0 Å². The second-order valence-electron chi connectivity index (χ2n) is 3.49. The normalized spacial score (nSPS) is 14.9. The molecule has 0 aromatic rings. The first-order chi connectivity index (χ1) is 7.16. The van der Waals surface area contributed by atoms with Crippen LogP contribution in [-0.2, 0) is 19.9 Å². The van der Waals surface area contributed by atoms with Crippen molar-refractivity contribution >= 4 is 19.9 Å². The molecule has 9 heteroatoms. The van der Waals surface area contributed by atoms with Crippen molar-refractivity contribution in [3.63, 3.8) is 0 Å². The minimum Gasteiger partial charge on any atom is -0.394 e. The van der Waals surface area contributed by atoms with Crippen LogP contribution in [0.2, 0.25) is 0 Å². The average Bonchev–Trinajstić information content (AvgIpc) is 2.12. The molecule has 7 nitrogen and oxygen atoms in total. The van der Waals surface area contributed by atoms with Crippen LogP contribution in [0.5, 0.6) is 0 Å². The van der Waals surface area contributed by atoms with Gasteiger partial charge < -0.3 is 10.2 Å². The van der Waals surface area contributed by atoms with Gasteiger partial charge in [-0.1, -0.05) is 0 Å². The summed E-state index contributed by atoms with van der Waals surface area (Å²) in [5.74, 6) is -0.519. The molecule has 98 valence electrons. The van der Waals surface area contributed by atoms with Crippen LogP contribution in [0.4, 0.5) is 0 Å². The van der Waals surface area contributed by atoms with Gasteiger partial charge in [-0.3, -0.25) is 0 Å². The van der Waals surface area contributed by atoms with Crippen molar-refractivity contribution in [3.8, 4) is 0 Å². The highest BCUT2D eigenvalue weighted by Gasteiger charge is 2.13. The summed E-state index contributed by atoms with van der Waals surface area (Å²) >= 11 is 0. The van der Waals surface area contributed by atoms with Crippen LogP contribution in [0.1, 0.15) is 6.42 Å². The van der Waals surface area contributed by atoms with Crippen molar-refractivity contribution < 1.29 is 27.0 Å². The molecule has 0 saturated carbocycles. The summed E-state index contributed by atoms with van der Waals surface area (Å²) in [6.07, 6.45) is -0.115. The second kappa shape index (κ2) is 6.50. The maximum atomic E-state index is 11.2. The van der Waals surface area contributed by atoms with Gasteiger partial charge in [-0.05, 0) is 6.42 Å². The minimum atomic E-state index is -3.59. The third kappa shape index (κ3) is 9.04. The van der Waals surface area contributed by atoms with Gasteiger partial charge in [0.25, 0.3) is 0 Å². The smallest absolute Gasteiger partial charge is 0.211 e. The fourth-order valence-corrected chi connectivity index (χ4v) is 2.84. The van der Waals surface area contributed by atoms with Gasteiger partial charge >= 0.3 is 0 Å². The number of sulfone groups is 1. The highest BCUT2D eigenvalue weighted by molar-refractivity contribution is 7.91. The molecule has 0 aliphatic rings. The molecule has 0 aliphatic heterocycles. The summed E-state index contributed by atoms with van der Waals surface area (Å²) in [6, 6.07) is 0. The van der Waals surface area contributed by atoms with E-state index in [2.05, 4.69) is 4.72 Å². The van der Waals surface area contributed by atoms with Crippen LogP contribution in [0.15, 0.2) is 0 Å². The standard InChI is InChI=1S/C7H17NO6S2/c1-15(11,12)3-2-4-16(13,14)8-5-7(10)6-9/h7-10H,2-6H2,1H3. The van der Waals surface area contributed by atoms with Crippen molar-refractivity contribution in [1.82, 2.24) is 4.72 Å². The monoisotopic (exact) mass is 275 g/mol. The third-order valence-corrected chi connectivity index (χ3v) is 4.14. The van der Waals surface area contributed by atoms with E-state index in [0.717, 1.165) is 6.26 Å². The zero-order chi connectivity index (χ0) is 12.8. The van der Waals surface area contributed by atoms with Gasteiger partial charge in [-0.15, -0.1) is 0 Å². The largest absolute Gasteiger partial charge is 0.394 e. The molecule has 0 radical (unpaired) electrons. The molecule has 0 amide bonds. The highest BCUT2D eigenvalue weighted by atomic mass is 32.2. The Morgan fingerprint density at radius 2 is 1.75 bits per heavy atom. The number of nitrogens with one attached hydrogen (secondary N) is 1. The van der Waals surface area contributed by atoms with Crippen LogP contribution < -0.4 is 4.72 Å². The zero-order valence-electron chi connectivity index (χ0n) is 8.96. The number of sulfonamides is 1. The summed E-state index contributed by atoms with van der Waals surface area (Å²) in [7, 11) is -6.76. The third-order valence-electron chi connectivity index (χ3n) is 1.68. The molecule has 0 fully saturated rings. The van der Waals surface area contributed by atoms with Crippen molar-refractivity contribution in [2.45, 2.75) is 12.5 Å².